The van der Waals surface area contributed by atoms with Gasteiger partial charge in [-0.3, -0.25) is 5.10 Å². The number of ether oxygens (including phenoxy) is 1. The van der Waals surface area contributed by atoms with Gasteiger partial charge in [-0.1, -0.05) is 30.3 Å². The first kappa shape index (κ1) is 13.4. The van der Waals surface area contributed by atoms with Crippen molar-refractivity contribution >= 4 is 27.9 Å². The highest BCUT2D eigenvalue weighted by molar-refractivity contribution is 6.10. The molecule has 23 heavy (non-hydrogen) atoms. The van der Waals surface area contributed by atoms with Crippen molar-refractivity contribution in [3.63, 3.8) is 0 Å². The number of aromatic amines is 1. The van der Waals surface area contributed by atoms with Gasteiger partial charge in [-0.2, -0.15) is 5.10 Å². The lowest BCUT2D eigenvalue weighted by molar-refractivity contribution is 0.211. The van der Waals surface area contributed by atoms with Crippen LogP contribution in [0.1, 0.15) is 0 Å². The normalized spacial score (nSPS) is 11.2. The van der Waals surface area contributed by atoms with E-state index in [1.807, 2.05) is 54.1 Å². The zero-order valence-electron chi connectivity index (χ0n) is 12.4. The highest BCUT2D eigenvalue weighted by atomic mass is 16.5. The van der Waals surface area contributed by atoms with E-state index in [1.54, 1.807) is 6.20 Å². The van der Waals surface area contributed by atoms with Gasteiger partial charge in [-0.15, -0.1) is 0 Å². The van der Waals surface area contributed by atoms with Crippen LogP contribution < -0.4 is 10.5 Å². The summed E-state index contributed by atoms with van der Waals surface area (Å²) in [4.78, 5) is 11.4. The van der Waals surface area contributed by atoms with Crippen molar-refractivity contribution in [2.24, 2.45) is 12.8 Å². The Morgan fingerprint density at radius 2 is 1.96 bits per heavy atom. The number of nitrogens with one attached hydrogen (secondary N) is 1. The Morgan fingerprint density at radius 1 is 1.17 bits per heavy atom. The van der Waals surface area contributed by atoms with Crippen LogP contribution in [-0.4, -0.2) is 20.9 Å². The number of hydrogen-bond donors (Lipinski definition) is 2. The zero-order valence-corrected chi connectivity index (χ0v) is 12.4. The third-order valence-corrected chi connectivity index (χ3v) is 3.98. The molecule has 6 nitrogen and oxygen atoms in total. The largest absolute Gasteiger partial charge is 0.410 e. The molecule has 0 aliphatic carbocycles. The minimum absolute atomic E-state index is 0.462. The van der Waals surface area contributed by atoms with Crippen LogP contribution in [0.5, 0.6) is 5.75 Å². The topological polar surface area (TPSA) is 85.9 Å². The molecule has 2 heterocycles. The van der Waals surface area contributed by atoms with E-state index in [1.165, 1.54) is 0 Å². The maximum Gasteiger partial charge on any atom is 0.410 e. The Labute approximate surface area is 131 Å². The summed E-state index contributed by atoms with van der Waals surface area (Å²) in [5.41, 5.74) is 8.87. The number of carbonyl (C=O) groups is 1. The molecule has 0 aliphatic heterocycles. The summed E-state index contributed by atoms with van der Waals surface area (Å²) in [6, 6.07) is 13.6. The van der Waals surface area contributed by atoms with Crippen molar-refractivity contribution in [1.29, 1.82) is 0 Å². The van der Waals surface area contributed by atoms with E-state index in [0.29, 0.717) is 5.75 Å². The molecule has 0 spiro atoms. The average Bonchev–Trinajstić information content (AvgIpc) is 3.11. The third-order valence-electron chi connectivity index (χ3n) is 3.98. The van der Waals surface area contributed by atoms with E-state index in [0.717, 1.165) is 33.1 Å². The fourth-order valence-electron chi connectivity index (χ4n) is 3.06. The Balaban J connectivity index is 2.15. The van der Waals surface area contributed by atoms with Crippen LogP contribution in [0, 0.1) is 0 Å². The van der Waals surface area contributed by atoms with E-state index in [2.05, 4.69) is 10.2 Å². The first-order valence-corrected chi connectivity index (χ1v) is 7.14. The number of rotatable bonds is 2. The molecule has 0 unspecified atom stereocenters. The molecule has 2 aromatic heterocycles. The summed E-state index contributed by atoms with van der Waals surface area (Å²) in [5.74, 6) is 0.462. The average molecular weight is 306 g/mol. The number of fused-ring (bicyclic) bond motifs is 3. The van der Waals surface area contributed by atoms with Crippen LogP contribution in [0.4, 0.5) is 4.79 Å². The molecule has 1 amide bonds. The molecule has 0 aliphatic rings. The van der Waals surface area contributed by atoms with Crippen LogP contribution >= 0.6 is 0 Å². The quantitative estimate of drug-likeness (QED) is 0.596. The lowest BCUT2D eigenvalue weighted by Crippen LogP contribution is -2.16. The molecule has 2 aromatic carbocycles. The Morgan fingerprint density at radius 3 is 2.70 bits per heavy atom. The number of primary amides is 1. The summed E-state index contributed by atoms with van der Waals surface area (Å²) in [7, 11) is 1.94. The van der Waals surface area contributed by atoms with E-state index >= 15 is 0 Å². The summed E-state index contributed by atoms with van der Waals surface area (Å²) >= 11 is 0. The minimum Gasteiger partial charge on any atom is -0.408 e. The van der Waals surface area contributed by atoms with Crippen LogP contribution in [0.2, 0.25) is 0 Å². The second-order valence-electron chi connectivity index (χ2n) is 5.32. The van der Waals surface area contributed by atoms with E-state index in [-0.39, 0.29) is 0 Å². The molecule has 114 valence electrons. The predicted octanol–water partition coefficient (Wildman–Crippen LogP) is 3.18. The summed E-state index contributed by atoms with van der Waals surface area (Å²) in [6.45, 7) is 0. The molecule has 4 aromatic rings. The highest BCUT2D eigenvalue weighted by Gasteiger charge is 2.21. The van der Waals surface area contributed by atoms with Crippen molar-refractivity contribution in [3.05, 3.63) is 48.7 Å². The first-order valence-electron chi connectivity index (χ1n) is 7.14. The monoisotopic (exact) mass is 306 g/mol. The van der Waals surface area contributed by atoms with Crippen molar-refractivity contribution in [2.75, 3.05) is 0 Å². The fraction of sp³-hybridized carbons (Fsp3) is 0.0588. The molecule has 6 heteroatoms. The summed E-state index contributed by atoms with van der Waals surface area (Å²) in [6.07, 6.45) is 0.933. The Hall–Kier alpha value is -3.28. The van der Waals surface area contributed by atoms with Gasteiger partial charge in [0.15, 0.2) is 5.75 Å². The van der Waals surface area contributed by atoms with Gasteiger partial charge < -0.3 is 15.0 Å². The lowest BCUT2D eigenvalue weighted by atomic mass is 10.1. The number of benzene rings is 2. The molecule has 0 saturated carbocycles. The first-order chi connectivity index (χ1) is 11.2. The number of amides is 1. The van der Waals surface area contributed by atoms with Gasteiger partial charge in [0, 0.05) is 23.4 Å². The molecule has 0 saturated heterocycles. The number of hydrogen-bond acceptors (Lipinski definition) is 3. The van der Waals surface area contributed by atoms with Gasteiger partial charge in [0.2, 0.25) is 0 Å². The molecular weight excluding hydrogens is 292 g/mol. The Kier molecular flexibility index (Phi) is 2.84. The van der Waals surface area contributed by atoms with E-state index in [4.69, 9.17) is 10.5 Å². The number of aryl methyl sites for hydroxylation is 1. The highest BCUT2D eigenvalue weighted by Crippen LogP contribution is 2.41. The Bertz CT molecular complexity index is 1030. The SMILES string of the molecule is Cn1c(-c2ccccc2)c(OC(N)=O)c2ccc3[nH]ncc3c21. The number of nitrogens with two attached hydrogens (primary N) is 1. The molecule has 0 atom stereocenters. The van der Waals surface area contributed by atoms with Gasteiger partial charge >= 0.3 is 6.09 Å². The maximum atomic E-state index is 11.4. The molecule has 0 bridgehead atoms. The van der Waals surface area contributed by atoms with Crippen molar-refractivity contribution < 1.29 is 9.53 Å². The van der Waals surface area contributed by atoms with Crippen LogP contribution in [-0.2, 0) is 7.05 Å². The predicted molar refractivity (Wildman–Crippen MR) is 88.2 cm³/mol. The number of nitrogens with zero attached hydrogens (tertiary/aromatic N) is 2. The maximum absolute atomic E-state index is 11.4. The van der Waals surface area contributed by atoms with Gasteiger partial charge in [0.25, 0.3) is 0 Å². The minimum atomic E-state index is -0.832. The molecule has 4 rings (SSSR count). The second-order valence-corrected chi connectivity index (χ2v) is 5.32. The van der Waals surface area contributed by atoms with Crippen LogP contribution in [0.25, 0.3) is 33.1 Å². The lowest BCUT2D eigenvalue weighted by Gasteiger charge is -2.07. The van der Waals surface area contributed by atoms with Crippen LogP contribution in [0.15, 0.2) is 48.7 Å². The van der Waals surface area contributed by atoms with Crippen molar-refractivity contribution in [1.82, 2.24) is 14.8 Å². The second kappa shape index (κ2) is 4.88. The number of H-pyrrole nitrogens is 1. The van der Waals surface area contributed by atoms with Gasteiger partial charge in [-0.25, -0.2) is 4.79 Å². The molecule has 0 radical (unpaired) electrons. The van der Waals surface area contributed by atoms with Crippen molar-refractivity contribution in [3.8, 4) is 17.0 Å². The smallest absolute Gasteiger partial charge is 0.408 e. The van der Waals surface area contributed by atoms with Gasteiger partial charge in [0.05, 0.1) is 22.9 Å². The van der Waals surface area contributed by atoms with E-state index in [9.17, 15) is 4.79 Å². The number of aromatic nitrogens is 3. The molecule has 3 N–H and O–H groups in total. The van der Waals surface area contributed by atoms with Crippen LogP contribution in [0.3, 0.4) is 0 Å². The van der Waals surface area contributed by atoms with Crippen molar-refractivity contribution in [2.45, 2.75) is 0 Å². The number of carbonyl (C=O) groups excluding carboxylic acids is 1. The fourth-order valence-corrected chi connectivity index (χ4v) is 3.06. The standard InChI is InChI=1S/C17H14N4O2/c1-21-14(10-5-3-2-4-6-10)16(23-17(18)22)11-7-8-13-12(15(11)21)9-19-20-13/h2-9H,1H3,(H2,18,22)(H,19,20). The molecule has 0 fully saturated rings. The van der Waals surface area contributed by atoms with Gasteiger partial charge in [-0.05, 0) is 12.1 Å². The third kappa shape index (κ3) is 1.96. The van der Waals surface area contributed by atoms with Gasteiger partial charge in [0.1, 0.15) is 0 Å². The van der Waals surface area contributed by atoms with E-state index < -0.39 is 6.09 Å². The zero-order chi connectivity index (χ0) is 16.0. The summed E-state index contributed by atoms with van der Waals surface area (Å²) < 4.78 is 7.35. The molecular formula is C17H14N4O2. The summed E-state index contributed by atoms with van der Waals surface area (Å²) in [5, 5.41) is 8.83.